The fourth-order valence-electron chi connectivity index (χ4n) is 6.29. The number of allylic oxidation sites excluding steroid dienone is 1. The lowest BCUT2D eigenvalue weighted by atomic mass is 10.0. The molecule has 4 aliphatic rings. The Morgan fingerprint density at radius 1 is 1.12 bits per heavy atom. The second-order valence-electron chi connectivity index (χ2n) is 11.6. The molecular weight excluding hydrogens is 574 g/mol. The molecule has 12 nitrogen and oxygen atoms in total. The Hall–Kier alpha value is -3.00. The molecular formula is C30H40ClN7O5. The van der Waals surface area contributed by atoms with Crippen LogP contribution < -0.4 is 20.3 Å². The van der Waals surface area contributed by atoms with Gasteiger partial charge >= 0.3 is 0 Å². The van der Waals surface area contributed by atoms with Gasteiger partial charge in [-0.1, -0.05) is 17.7 Å². The van der Waals surface area contributed by atoms with E-state index in [9.17, 15) is 9.90 Å². The number of hydrogen-bond acceptors (Lipinski definition) is 11. The van der Waals surface area contributed by atoms with Gasteiger partial charge in [0.2, 0.25) is 17.7 Å². The molecule has 4 atom stereocenters. The van der Waals surface area contributed by atoms with Gasteiger partial charge in [0.05, 0.1) is 30.8 Å². The third kappa shape index (κ3) is 6.89. The highest BCUT2D eigenvalue weighted by Gasteiger charge is 2.48. The number of nitrogens with zero attached hydrogens (tertiary/aromatic N) is 5. The number of piperidine rings is 1. The summed E-state index contributed by atoms with van der Waals surface area (Å²) >= 11 is 6.36. The van der Waals surface area contributed by atoms with Crippen molar-refractivity contribution >= 4 is 40.5 Å². The van der Waals surface area contributed by atoms with E-state index in [4.69, 9.17) is 25.8 Å². The van der Waals surface area contributed by atoms with Crippen molar-refractivity contribution in [1.82, 2.24) is 19.8 Å². The Labute approximate surface area is 256 Å². The van der Waals surface area contributed by atoms with Crippen molar-refractivity contribution < 1.29 is 24.1 Å². The van der Waals surface area contributed by atoms with Gasteiger partial charge < -0.3 is 39.8 Å². The maximum atomic E-state index is 12.6. The molecule has 4 saturated heterocycles. The van der Waals surface area contributed by atoms with Crippen LogP contribution in [0.3, 0.4) is 0 Å². The Balaban J connectivity index is 1.15. The van der Waals surface area contributed by atoms with Gasteiger partial charge in [0.15, 0.2) is 6.10 Å². The van der Waals surface area contributed by atoms with Crippen molar-refractivity contribution in [2.45, 2.75) is 50.2 Å². The zero-order valence-electron chi connectivity index (χ0n) is 24.6. The van der Waals surface area contributed by atoms with Crippen molar-refractivity contribution in [2.24, 2.45) is 0 Å². The summed E-state index contributed by atoms with van der Waals surface area (Å²) in [6.07, 6.45) is 4.94. The van der Waals surface area contributed by atoms with E-state index in [0.29, 0.717) is 17.4 Å². The summed E-state index contributed by atoms with van der Waals surface area (Å²) in [5, 5.41) is 16.5. The van der Waals surface area contributed by atoms with E-state index < -0.39 is 18.3 Å². The molecule has 1 amide bonds. The van der Waals surface area contributed by atoms with Crippen LogP contribution in [0.4, 0.5) is 23.0 Å². The van der Waals surface area contributed by atoms with Gasteiger partial charge in [-0.25, -0.2) is 4.98 Å². The lowest BCUT2D eigenvalue weighted by Gasteiger charge is -2.43. The van der Waals surface area contributed by atoms with E-state index in [0.717, 1.165) is 57.8 Å². The molecule has 0 spiro atoms. The van der Waals surface area contributed by atoms with Crippen LogP contribution in [0.1, 0.15) is 19.8 Å². The van der Waals surface area contributed by atoms with Gasteiger partial charge in [0.1, 0.15) is 23.3 Å². The highest BCUT2D eigenvalue weighted by atomic mass is 35.5. The van der Waals surface area contributed by atoms with E-state index in [-0.39, 0.29) is 42.1 Å². The molecule has 1 aromatic carbocycles. The number of aromatic nitrogens is 2. The first-order chi connectivity index (χ1) is 20.9. The Morgan fingerprint density at radius 2 is 1.88 bits per heavy atom. The van der Waals surface area contributed by atoms with Gasteiger partial charge in [-0.2, -0.15) is 4.98 Å². The molecule has 5 heterocycles. The number of likely N-dealkylation sites (N-methyl/N-ethyl adjacent to an activating group) is 1. The van der Waals surface area contributed by atoms with E-state index >= 15 is 0 Å². The third-order valence-corrected chi connectivity index (χ3v) is 8.90. The van der Waals surface area contributed by atoms with E-state index in [1.54, 1.807) is 6.08 Å². The van der Waals surface area contributed by atoms with Gasteiger partial charge in [-0.15, -0.1) is 0 Å². The minimum atomic E-state index is -0.675. The number of anilines is 4. The lowest BCUT2D eigenvalue weighted by Crippen LogP contribution is -2.52. The van der Waals surface area contributed by atoms with Gasteiger partial charge in [-0.05, 0) is 51.1 Å². The monoisotopic (exact) mass is 613 g/mol. The fourth-order valence-corrected chi connectivity index (χ4v) is 6.42. The highest BCUT2D eigenvalue weighted by Crippen LogP contribution is 2.35. The van der Waals surface area contributed by atoms with Crippen molar-refractivity contribution in [1.29, 1.82) is 0 Å². The number of benzene rings is 1. The molecule has 3 N–H and O–H groups in total. The summed E-state index contributed by atoms with van der Waals surface area (Å²) < 4.78 is 17.4. The van der Waals surface area contributed by atoms with Crippen molar-refractivity contribution in [2.75, 3.05) is 75.1 Å². The molecule has 1 aromatic heterocycles. The fraction of sp³-hybridized carbons (Fsp3) is 0.567. The van der Waals surface area contributed by atoms with Crippen molar-refractivity contribution in [3.63, 3.8) is 0 Å². The first-order valence-electron chi connectivity index (χ1n) is 15.0. The van der Waals surface area contributed by atoms with Crippen LogP contribution in [-0.4, -0.2) is 121 Å². The zero-order valence-corrected chi connectivity index (χ0v) is 25.4. The number of halogens is 1. The molecule has 0 aliphatic carbocycles. The molecule has 2 aromatic rings. The van der Waals surface area contributed by atoms with Gasteiger partial charge in [0, 0.05) is 51.0 Å². The molecule has 13 heteroatoms. The Bertz CT molecular complexity index is 1320. The first-order valence-corrected chi connectivity index (χ1v) is 15.4. The van der Waals surface area contributed by atoms with Crippen LogP contribution in [0.5, 0.6) is 5.88 Å². The average Bonchev–Trinajstić information content (AvgIpc) is 3.58. The third-order valence-electron chi connectivity index (χ3n) is 8.64. The minimum Gasteiger partial charge on any atom is -0.468 e. The number of rotatable bonds is 8. The molecule has 0 radical (unpaired) electrons. The van der Waals surface area contributed by atoms with E-state index in [1.807, 2.05) is 25.1 Å². The second-order valence-corrected chi connectivity index (χ2v) is 12.0. The first kappa shape index (κ1) is 30.0. The number of aliphatic hydroxyl groups excluding tert-OH is 1. The Kier molecular flexibility index (Phi) is 9.31. The summed E-state index contributed by atoms with van der Waals surface area (Å²) in [5.41, 5.74) is 2.39. The predicted molar refractivity (Wildman–Crippen MR) is 164 cm³/mol. The lowest BCUT2D eigenvalue weighted by molar-refractivity contribution is -0.111. The van der Waals surface area contributed by atoms with Crippen LogP contribution in [0.2, 0.25) is 5.02 Å². The number of nitrogens with one attached hydrogen (secondary N) is 2. The number of carbonyl (C=O) groups is 1. The quantitative estimate of drug-likeness (QED) is 0.380. The maximum Gasteiger partial charge on any atom is 0.248 e. The zero-order chi connectivity index (χ0) is 29.9. The molecule has 0 unspecified atom stereocenters. The smallest absolute Gasteiger partial charge is 0.248 e. The number of carbonyl (C=O) groups excluding carboxylic acids is 1. The van der Waals surface area contributed by atoms with Crippen LogP contribution in [0, 0.1) is 0 Å². The predicted octanol–water partition coefficient (Wildman–Crippen LogP) is 2.51. The molecule has 43 heavy (non-hydrogen) atoms. The summed E-state index contributed by atoms with van der Waals surface area (Å²) in [6, 6.07) is 6.47. The van der Waals surface area contributed by atoms with Crippen LogP contribution in [0.15, 0.2) is 36.5 Å². The van der Waals surface area contributed by atoms with Crippen LogP contribution >= 0.6 is 11.6 Å². The number of piperazine rings is 1. The second kappa shape index (κ2) is 13.3. The molecule has 232 valence electrons. The maximum absolute atomic E-state index is 12.6. The molecule has 4 fully saturated rings. The summed E-state index contributed by atoms with van der Waals surface area (Å²) in [4.78, 5) is 28.8. The van der Waals surface area contributed by atoms with Crippen molar-refractivity contribution in [3.8, 4) is 5.88 Å². The normalized spacial score (nSPS) is 27.0. The molecule has 6 rings (SSSR count). The number of fused-ring (bicyclic) bond motifs is 1. The standard InChI is InChI=1S/C30H40ClN7O5/c1-3-4-26(40)34-22-15-19(5-6-23(22)38-9-7-20(8-10-38)37-13-11-36(2)12-14-37)33-30-32-16-21(31)29(35-30)43-25-18-42-27-24(39)17-41-28(25)27/h3-6,15-16,20,24-25,27-28,39H,7-14,17-18H2,1-2H3,(H,34,40)(H,32,33,35)/b4-3+/t24-,25-,27-,28-/m1/s1. The number of ether oxygens (including phenoxy) is 3. The molecule has 0 bridgehead atoms. The van der Waals surface area contributed by atoms with E-state index in [1.165, 1.54) is 12.3 Å². The molecule has 0 saturated carbocycles. The SMILES string of the molecule is C/C=C/C(=O)Nc1cc(Nc2ncc(Cl)c(O[C@@H]3CO[C@H]4[C@@H]3OC[C@H]4O)n2)ccc1N1CCC(N2CCN(C)CC2)CC1. The number of hydrogen-bond donors (Lipinski definition) is 3. The van der Waals surface area contributed by atoms with Gasteiger partial charge in [0.25, 0.3) is 0 Å². The average molecular weight is 614 g/mol. The highest BCUT2D eigenvalue weighted by molar-refractivity contribution is 6.31. The van der Waals surface area contributed by atoms with Crippen LogP contribution in [0.25, 0.3) is 0 Å². The summed E-state index contributed by atoms with van der Waals surface area (Å²) in [6.45, 7) is 8.61. The van der Waals surface area contributed by atoms with Gasteiger partial charge in [-0.3, -0.25) is 9.69 Å². The molecule has 4 aliphatic heterocycles. The topological polar surface area (TPSA) is 125 Å². The summed E-state index contributed by atoms with van der Waals surface area (Å²) in [7, 11) is 2.19. The van der Waals surface area contributed by atoms with E-state index in [2.05, 4.69) is 42.3 Å². The Morgan fingerprint density at radius 3 is 2.65 bits per heavy atom. The summed E-state index contributed by atoms with van der Waals surface area (Å²) in [5.74, 6) is 0.288. The largest absolute Gasteiger partial charge is 0.468 e. The van der Waals surface area contributed by atoms with Crippen molar-refractivity contribution in [3.05, 3.63) is 41.6 Å². The minimum absolute atomic E-state index is 0.192. The van der Waals surface area contributed by atoms with Crippen LogP contribution in [-0.2, 0) is 14.3 Å². The number of aliphatic hydroxyl groups is 1. The number of amides is 1.